The Labute approximate surface area is 137 Å². The molecule has 0 spiro atoms. The summed E-state index contributed by atoms with van der Waals surface area (Å²) in [4.78, 5) is 33.3. The first-order valence-corrected chi connectivity index (χ1v) is 7.04. The lowest BCUT2D eigenvalue weighted by Crippen LogP contribution is -2.18. The highest BCUT2D eigenvalue weighted by molar-refractivity contribution is 5.88. The van der Waals surface area contributed by atoms with Gasteiger partial charge in [0.25, 0.3) is 0 Å². The Hall–Kier alpha value is -3.23. The molecule has 0 aliphatic rings. The molecule has 0 aliphatic heterocycles. The van der Waals surface area contributed by atoms with E-state index in [1.165, 1.54) is 37.6 Å². The van der Waals surface area contributed by atoms with Crippen molar-refractivity contribution < 1.29 is 19.2 Å². The molecule has 1 N–H and O–H groups in total. The summed E-state index contributed by atoms with van der Waals surface area (Å²) in [6.45, 7) is 4.18. The number of ether oxygens (including phenoxy) is 1. The molecule has 0 saturated carbocycles. The number of carbonyl (C=O) groups is 2. The Morgan fingerprint density at radius 3 is 2.42 bits per heavy atom. The summed E-state index contributed by atoms with van der Waals surface area (Å²) >= 11 is 0. The van der Waals surface area contributed by atoms with Crippen LogP contribution in [0.5, 0.6) is 5.75 Å². The number of carbonyl (C=O) groups excluding carboxylic acids is 2. The average Bonchev–Trinajstić information content (AvgIpc) is 2.74. The third-order valence-corrected chi connectivity index (χ3v) is 3.21. The Balaban J connectivity index is 2.05. The second-order valence-electron chi connectivity index (χ2n) is 5.11. The molecule has 0 radical (unpaired) electrons. The number of hydrogen-bond acceptors (Lipinski definition) is 6. The molecule has 0 saturated heterocycles. The summed E-state index contributed by atoms with van der Waals surface area (Å²) in [7, 11) is 0. The van der Waals surface area contributed by atoms with Crippen molar-refractivity contribution in [1.29, 1.82) is 0 Å². The summed E-state index contributed by atoms with van der Waals surface area (Å²) in [5.41, 5.74) is 0.999. The van der Waals surface area contributed by atoms with Gasteiger partial charge in [0, 0.05) is 12.6 Å². The van der Waals surface area contributed by atoms with E-state index in [1.54, 1.807) is 12.1 Å². The number of benzene rings is 1. The van der Waals surface area contributed by atoms with Gasteiger partial charge < -0.3 is 10.1 Å². The van der Waals surface area contributed by atoms with Gasteiger partial charge in [0.05, 0.1) is 4.92 Å². The van der Waals surface area contributed by atoms with E-state index in [0.717, 1.165) is 0 Å². The van der Waals surface area contributed by atoms with E-state index in [0.29, 0.717) is 11.4 Å². The van der Waals surface area contributed by atoms with Crippen LogP contribution in [0.4, 0.5) is 11.4 Å². The lowest BCUT2D eigenvalue weighted by Gasteiger charge is -2.07. The molecule has 1 aromatic carbocycles. The number of nitro groups is 1. The molecule has 1 heterocycles. The highest BCUT2D eigenvalue weighted by Crippen LogP contribution is 2.22. The van der Waals surface area contributed by atoms with Crippen LogP contribution in [0.15, 0.2) is 24.3 Å². The molecule has 24 heavy (non-hydrogen) atoms. The first-order chi connectivity index (χ1) is 11.3. The normalized spacial score (nSPS) is 10.3. The number of anilines is 1. The Bertz CT molecular complexity index is 795. The standard InChI is InChI=1S/C15H16N4O5/c1-9-15(19(22)23)10(2)18(17-9)8-14(21)24-13-6-4-12(5-7-13)16-11(3)20/h4-7H,8H2,1-3H3,(H,16,20). The zero-order valence-corrected chi connectivity index (χ0v) is 13.4. The monoisotopic (exact) mass is 332 g/mol. The zero-order valence-electron chi connectivity index (χ0n) is 13.4. The summed E-state index contributed by atoms with van der Waals surface area (Å²) < 4.78 is 6.40. The average molecular weight is 332 g/mol. The van der Waals surface area contributed by atoms with Gasteiger partial charge in [-0.3, -0.25) is 19.6 Å². The minimum absolute atomic E-state index is 0.109. The Kier molecular flexibility index (Phi) is 4.93. The first-order valence-electron chi connectivity index (χ1n) is 7.04. The fraction of sp³-hybridized carbons (Fsp3) is 0.267. The van der Waals surface area contributed by atoms with Crippen LogP contribution in [0.1, 0.15) is 18.3 Å². The molecule has 0 atom stereocenters. The minimum atomic E-state index is -0.609. The van der Waals surface area contributed by atoms with Gasteiger partial charge in [-0.25, -0.2) is 4.79 Å². The van der Waals surface area contributed by atoms with Crippen LogP contribution < -0.4 is 10.1 Å². The van der Waals surface area contributed by atoms with Gasteiger partial charge in [-0.2, -0.15) is 5.10 Å². The largest absolute Gasteiger partial charge is 0.425 e. The number of nitrogens with one attached hydrogen (secondary N) is 1. The van der Waals surface area contributed by atoms with E-state index in [1.807, 2.05) is 0 Å². The highest BCUT2D eigenvalue weighted by atomic mass is 16.6. The van der Waals surface area contributed by atoms with Gasteiger partial charge in [-0.05, 0) is 38.1 Å². The fourth-order valence-electron chi connectivity index (χ4n) is 2.20. The number of aryl methyl sites for hydroxylation is 1. The summed E-state index contributed by atoms with van der Waals surface area (Å²) in [5, 5.41) is 17.5. The van der Waals surface area contributed by atoms with Gasteiger partial charge in [0.1, 0.15) is 23.7 Å². The van der Waals surface area contributed by atoms with E-state index >= 15 is 0 Å². The predicted octanol–water partition coefficient (Wildman–Crippen LogP) is 1.97. The van der Waals surface area contributed by atoms with Crippen molar-refractivity contribution in [3.8, 4) is 5.75 Å². The maximum atomic E-state index is 12.0. The number of aromatic nitrogens is 2. The molecule has 2 rings (SSSR count). The summed E-state index contributed by atoms with van der Waals surface area (Å²) in [6, 6.07) is 6.26. The lowest BCUT2D eigenvalue weighted by atomic mass is 10.3. The molecular weight excluding hydrogens is 316 g/mol. The topological polar surface area (TPSA) is 116 Å². The second-order valence-corrected chi connectivity index (χ2v) is 5.11. The van der Waals surface area contributed by atoms with Gasteiger partial charge in [-0.15, -0.1) is 0 Å². The van der Waals surface area contributed by atoms with E-state index in [2.05, 4.69) is 10.4 Å². The first kappa shape index (κ1) is 17.1. The molecule has 0 aliphatic carbocycles. The second kappa shape index (κ2) is 6.90. The van der Waals surface area contributed by atoms with E-state index in [-0.39, 0.29) is 29.5 Å². The molecule has 126 valence electrons. The molecule has 9 nitrogen and oxygen atoms in total. The molecule has 0 fully saturated rings. The number of rotatable bonds is 5. The van der Waals surface area contributed by atoms with Crippen LogP contribution in [-0.2, 0) is 16.1 Å². The molecule has 0 bridgehead atoms. The van der Waals surface area contributed by atoms with E-state index in [4.69, 9.17) is 4.74 Å². The van der Waals surface area contributed by atoms with Crippen molar-refractivity contribution in [3.63, 3.8) is 0 Å². The number of esters is 1. The van der Waals surface area contributed by atoms with Crippen LogP contribution >= 0.6 is 0 Å². The zero-order chi connectivity index (χ0) is 17.9. The third-order valence-electron chi connectivity index (χ3n) is 3.21. The predicted molar refractivity (Wildman–Crippen MR) is 84.7 cm³/mol. The quantitative estimate of drug-likeness (QED) is 0.387. The van der Waals surface area contributed by atoms with E-state index in [9.17, 15) is 19.7 Å². The maximum Gasteiger partial charge on any atom is 0.333 e. The molecule has 9 heteroatoms. The number of amides is 1. The summed E-state index contributed by atoms with van der Waals surface area (Å²) in [6.07, 6.45) is 0. The molecule has 1 aromatic heterocycles. The van der Waals surface area contributed by atoms with Crippen LogP contribution in [0.2, 0.25) is 0 Å². The Morgan fingerprint density at radius 1 is 1.29 bits per heavy atom. The van der Waals surface area contributed by atoms with E-state index < -0.39 is 10.9 Å². The lowest BCUT2D eigenvalue weighted by molar-refractivity contribution is -0.386. The van der Waals surface area contributed by atoms with Crippen LogP contribution in [0.3, 0.4) is 0 Å². The molecule has 2 aromatic rings. The molecule has 0 unspecified atom stereocenters. The highest BCUT2D eigenvalue weighted by Gasteiger charge is 2.23. The maximum absolute atomic E-state index is 12.0. The van der Waals surface area contributed by atoms with Crippen molar-refractivity contribution in [1.82, 2.24) is 9.78 Å². The van der Waals surface area contributed by atoms with Gasteiger partial charge in [0.2, 0.25) is 5.91 Å². The van der Waals surface area contributed by atoms with Crippen molar-refractivity contribution in [2.75, 3.05) is 5.32 Å². The van der Waals surface area contributed by atoms with Crippen molar-refractivity contribution in [3.05, 3.63) is 45.8 Å². The SMILES string of the molecule is CC(=O)Nc1ccc(OC(=O)Cn2nc(C)c([N+](=O)[O-])c2C)cc1. The van der Waals surface area contributed by atoms with Crippen LogP contribution in [-0.4, -0.2) is 26.6 Å². The third kappa shape index (κ3) is 3.94. The van der Waals surface area contributed by atoms with Crippen molar-refractivity contribution in [2.24, 2.45) is 0 Å². The number of hydrogen-bond donors (Lipinski definition) is 1. The smallest absolute Gasteiger partial charge is 0.333 e. The van der Waals surface area contributed by atoms with Crippen LogP contribution in [0.25, 0.3) is 0 Å². The number of nitrogens with zero attached hydrogens (tertiary/aromatic N) is 3. The minimum Gasteiger partial charge on any atom is -0.425 e. The van der Waals surface area contributed by atoms with Gasteiger partial charge >= 0.3 is 11.7 Å². The van der Waals surface area contributed by atoms with Gasteiger partial charge in [0.15, 0.2) is 0 Å². The van der Waals surface area contributed by atoms with Crippen molar-refractivity contribution in [2.45, 2.75) is 27.3 Å². The fourth-order valence-corrected chi connectivity index (χ4v) is 2.20. The summed E-state index contributed by atoms with van der Waals surface area (Å²) in [5.74, 6) is -0.515. The molecule has 1 amide bonds. The van der Waals surface area contributed by atoms with Crippen molar-refractivity contribution >= 4 is 23.3 Å². The van der Waals surface area contributed by atoms with Crippen LogP contribution in [0, 0.1) is 24.0 Å². The Morgan fingerprint density at radius 2 is 1.92 bits per heavy atom. The molecular formula is C15H16N4O5. The van der Waals surface area contributed by atoms with Gasteiger partial charge in [-0.1, -0.05) is 0 Å².